The van der Waals surface area contributed by atoms with Crippen molar-refractivity contribution in [2.24, 2.45) is 0 Å². The van der Waals surface area contributed by atoms with Crippen LogP contribution in [0.5, 0.6) is 0 Å². The molecule has 0 aliphatic carbocycles. The highest BCUT2D eigenvalue weighted by atomic mass is 16.4. The number of aliphatic carboxylic acids is 1. The normalized spacial score (nSPS) is 12.2. The third kappa shape index (κ3) is 4.20. The molecule has 0 aliphatic rings. The number of carboxylic acid groups (broad SMARTS) is 1. The van der Waals surface area contributed by atoms with Crippen LogP contribution in [0.2, 0.25) is 0 Å². The summed E-state index contributed by atoms with van der Waals surface area (Å²) >= 11 is 0. The van der Waals surface area contributed by atoms with Crippen LogP contribution in [-0.2, 0) is 11.3 Å². The van der Waals surface area contributed by atoms with Gasteiger partial charge in [-0.2, -0.15) is 5.10 Å². The Morgan fingerprint density at radius 1 is 1.35 bits per heavy atom. The summed E-state index contributed by atoms with van der Waals surface area (Å²) in [5.41, 5.74) is 3.28. The smallest absolute Gasteiger partial charge is 0.303 e. The molecule has 3 N–H and O–H groups in total. The maximum atomic E-state index is 10.5. The van der Waals surface area contributed by atoms with Crippen molar-refractivity contribution in [1.82, 2.24) is 15.5 Å². The molecule has 1 atom stereocenters. The zero-order valence-electron chi connectivity index (χ0n) is 11.5. The number of aromatic amines is 1. The fraction of sp³-hybridized carbons (Fsp3) is 0.333. The van der Waals surface area contributed by atoms with Gasteiger partial charge in [0.2, 0.25) is 0 Å². The first-order valence-corrected chi connectivity index (χ1v) is 6.69. The van der Waals surface area contributed by atoms with Crippen molar-refractivity contribution >= 4 is 5.97 Å². The van der Waals surface area contributed by atoms with Gasteiger partial charge in [-0.25, -0.2) is 0 Å². The Morgan fingerprint density at radius 3 is 2.70 bits per heavy atom. The van der Waals surface area contributed by atoms with Crippen LogP contribution in [0.25, 0.3) is 11.3 Å². The fourth-order valence-electron chi connectivity index (χ4n) is 1.95. The van der Waals surface area contributed by atoms with Crippen LogP contribution in [0, 0.1) is 0 Å². The molecule has 1 aromatic heterocycles. The van der Waals surface area contributed by atoms with E-state index in [4.69, 9.17) is 5.11 Å². The standard InChI is InChI=1S/C15H19N3O2/c1-11(2-7-15(19)20)16-10-12-3-5-13(6-4-12)14-8-9-17-18-14/h3-6,8-9,11,16H,2,7,10H2,1H3,(H,17,18)(H,19,20). The van der Waals surface area contributed by atoms with Crippen LogP contribution in [0.15, 0.2) is 36.5 Å². The summed E-state index contributed by atoms with van der Waals surface area (Å²) in [6, 6.07) is 10.3. The number of rotatable bonds is 7. The summed E-state index contributed by atoms with van der Waals surface area (Å²) in [5.74, 6) is -0.748. The summed E-state index contributed by atoms with van der Waals surface area (Å²) in [7, 11) is 0. The summed E-state index contributed by atoms with van der Waals surface area (Å²) in [4.78, 5) is 10.5. The van der Waals surface area contributed by atoms with Crippen LogP contribution in [0.4, 0.5) is 0 Å². The molecule has 1 aromatic carbocycles. The third-order valence-electron chi connectivity index (χ3n) is 3.21. The minimum atomic E-state index is -0.748. The number of H-pyrrole nitrogens is 1. The molecule has 5 heteroatoms. The van der Waals surface area contributed by atoms with Crippen molar-refractivity contribution in [1.29, 1.82) is 0 Å². The van der Waals surface area contributed by atoms with Crippen LogP contribution in [0.3, 0.4) is 0 Å². The molecule has 0 fully saturated rings. The van der Waals surface area contributed by atoms with Gasteiger partial charge in [0.15, 0.2) is 0 Å². The van der Waals surface area contributed by atoms with E-state index in [0.29, 0.717) is 6.42 Å². The fourth-order valence-corrected chi connectivity index (χ4v) is 1.95. The number of nitrogens with one attached hydrogen (secondary N) is 2. The molecule has 0 aliphatic heterocycles. The van der Waals surface area contributed by atoms with Gasteiger partial charge in [-0.15, -0.1) is 0 Å². The molecule has 0 amide bonds. The summed E-state index contributed by atoms with van der Waals surface area (Å²) in [5, 5.41) is 18.8. The Morgan fingerprint density at radius 2 is 2.10 bits per heavy atom. The maximum Gasteiger partial charge on any atom is 0.303 e. The van der Waals surface area contributed by atoms with Crippen LogP contribution in [0.1, 0.15) is 25.3 Å². The van der Waals surface area contributed by atoms with E-state index in [1.165, 1.54) is 5.56 Å². The molecule has 106 valence electrons. The zero-order chi connectivity index (χ0) is 14.4. The molecule has 0 radical (unpaired) electrons. The van der Waals surface area contributed by atoms with Gasteiger partial charge in [-0.1, -0.05) is 24.3 Å². The van der Waals surface area contributed by atoms with E-state index < -0.39 is 5.97 Å². The number of benzene rings is 1. The number of carbonyl (C=O) groups is 1. The average molecular weight is 273 g/mol. The zero-order valence-corrected chi connectivity index (χ0v) is 11.5. The van der Waals surface area contributed by atoms with Crippen LogP contribution in [-0.4, -0.2) is 27.3 Å². The van der Waals surface area contributed by atoms with E-state index in [1.54, 1.807) is 6.20 Å². The highest BCUT2D eigenvalue weighted by molar-refractivity contribution is 5.66. The summed E-state index contributed by atoms with van der Waals surface area (Å²) in [6.45, 7) is 2.74. The van der Waals surface area contributed by atoms with E-state index in [1.807, 2.05) is 25.1 Å². The summed E-state index contributed by atoms with van der Waals surface area (Å²) in [6.07, 6.45) is 2.57. The SMILES string of the molecule is CC(CCC(=O)O)NCc1ccc(-c2ccn[nH]2)cc1. The highest BCUT2D eigenvalue weighted by Gasteiger charge is 2.05. The minimum absolute atomic E-state index is 0.193. The Kier molecular flexibility index (Phi) is 4.90. The first-order valence-electron chi connectivity index (χ1n) is 6.69. The van der Waals surface area contributed by atoms with E-state index in [2.05, 4.69) is 27.6 Å². The molecule has 5 nitrogen and oxygen atoms in total. The average Bonchev–Trinajstić information content (AvgIpc) is 2.97. The predicted octanol–water partition coefficient (Wildman–Crippen LogP) is 2.42. The van der Waals surface area contributed by atoms with Crippen molar-refractivity contribution in [3.63, 3.8) is 0 Å². The molecule has 1 heterocycles. The lowest BCUT2D eigenvalue weighted by molar-refractivity contribution is -0.137. The molecule has 2 rings (SSSR count). The second kappa shape index (κ2) is 6.86. The lowest BCUT2D eigenvalue weighted by Gasteiger charge is -2.12. The molecule has 2 aromatic rings. The van der Waals surface area contributed by atoms with E-state index in [9.17, 15) is 4.79 Å². The monoisotopic (exact) mass is 273 g/mol. The van der Waals surface area contributed by atoms with E-state index in [0.717, 1.165) is 17.8 Å². The minimum Gasteiger partial charge on any atom is -0.481 e. The van der Waals surface area contributed by atoms with Gasteiger partial charge in [0.1, 0.15) is 0 Å². The molecule has 1 unspecified atom stereocenters. The Hall–Kier alpha value is -2.14. The van der Waals surface area contributed by atoms with Gasteiger partial charge in [0.25, 0.3) is 0 Å². The van der Waals surface area contributed by atoms with Crippen molar-refractivity contribution in [3.8, 4) is 11.3 Å². The number of carboxylic acids is 1. The second-order valence-electron chi connectivity index (χ2n) is 4.88. The van der Waals surface area contributed by atoms with Gasteiger partial charge < -0.3 is 10.4 Å². The number of nitrogens with zero attached hydrogens (tertiary/aromatic N) is 1. The van der Waals surface area contributed by atoms with E-state index in [-0.39, 0.29) is 12.5 Å². The number of hydrogen-bond donors (Lipinski definition) is 3. The largest absolute Gasteiger partial charge is 0.481 e. The third-order valence-corrected chi connectivity index (χ3v) is 3.21. The number of hydrogen-bond acceptors (Lipinski definition) is 3. The van der Waals surface area contributed by atoms with Gasteiger partial charge in [-0.05, 0) is 30.5 Å². The maximum absolute atomic E-state index is 10.5. The topological polar surface area (TPSA) is 78.0 Å². The van der Waals surface area contributed by atoms with Gasteiger partial charge in [0.05, 0.1) is 5.69 Å². The molecule has 20 heavy (non-hydrogen) atoms. The van der Waals surface area contributed by atoms with Crippen LogP contribution >= 0.6 is 0 Å². The first kappa shape index (κ1) is 14.3. The van der Waals surface area contributed by atoms with Gasteiger partial charge in [-0.3, -0.25) is 9.89 Å². The number of aromatic nitrogens is 2. The Balaban J connectivity index is 1.83. The molecule has 0 saturated carbocycles. The van der Waals surface area contributed by atoms with Gasteiger partial charge >= 0.3 is 5.97 Å². The molecular formula is C15H19N3O2. The second-order valence-corrected chi connectivity index (χ2v) is 4.88. The van der Waals surface area contributed by atoms with Crippen molar-refractivity contribution in [3.05, 3.63) is 42.1 Å². The molecule has 0 saturated heterocycles. The molecule has 0 spiro atoms. The first-order chi connectivity index (χ1) is 9.65. The Bertz CT molecular complexity index is 535. The van der Waals surface area contributed by atoms with Crippen molar-refractivity contribution in [2.75, 3.05) is 0 Å². The summed E-state index contributed by atoms with van der Waals surface area (Å²) < 4.78 is 0. The Labute approximate surface area is 118 Å². The lowest BCUT2D eigenvalue weighted by atomic mass is 10.1. The van der Waals surface area contributed by atoms with E-state index >= 15 is 0 Å². The molecule has 0 bridgehead atoms. The highest BCUT2D eigenvalue weighted by Crippen LogP contribution is 2.16. The van der Waals surface area contributed by atoms with Crippen LogP contribution < -0.4 is 5.32 Å². The van der Waals surface area contributed by atoms with Crippen molar-refractivity contribution < 1.29 is 9.90 Å². The molecular weight excluding hydrogens is 254 g/mol. The lowest BCUT2D eigenvalue weighted by Crippen LogP contribution is -2.26. The predicted molar refractivity (Wildman–Crippen MR) is 77.2 cm³/mol. The van der Waals surface area contributed by atoms with Crippen molar-refractivity contribution in [2.45, 2.75) is 32.4 Å². The van der Waals surface area contributed by atoms with Gasteiger partial charge in [0, 0.05) is 25.2 Å². The quantitative estimate of drug-likeness (QED) is 0.724.